The number of hydrogen-bond donors (Lipinski definition) is 1. The predicted molar refractivity (Wildman–Crippen MR) is 77.9 cm³/mol. The van der Waals surface area contributed by atoms with Crippen molar-refractivity contribution in [1.82, 2.24) is 4.90 Å². The largest absolute Gasteiger partial charge is 0.463 e. The lowest BCUT2D eigenvalue weighted by Crippen LogP contribution is -2.55. The van der Waals surface area contributed by atoms with Crippen molar-refractivity contribution in [3.8, 4) is 0 Å². The number of ether oxygens (including phenoxy) is 1. The zero-order valence-corrected chi connectivity index (χ0v) is 12.5. The van der Waals surface area contributed by atoms with E-state index in [0.29, 0.717) is 12.2 Å². The van der Waals surface area contributed by atoms with Crippen LogP contribution in [-0.2, 0) is 14.3 Å². The summed E-state index contributed by atoms with van der Waals surface area (Å²) in [5.74, 6) is -0.544. The quantitative estimate of drug-likeness (QED) is 0.453. The third-order valence-corrected chi connectivity index (χ3v) is 3.46. The summed E-state index contributed by atoms with van der Waals surface area (Å²) in [4.78, 5) is 25.4. The van der Waals surface area contributed by atoms with E-state index in [0.717, 1.165) is 19.3 Å². The highest BCUT2D eigenvalue weighted by Gasteiger charge is 2.33. The normalized spacial score (nSPS) is 22.5. The molecule has 0 aromatic rings. The van der Waals surface area contributed by atoms with Crippen LogP contribution in [-0.4, -0.2) is 42.5 Å². The number of esters is 1. The standard InChI is InChI=1S/C15H24N2O3/c1-4-6-11(7-10-14(18)20-5-2)15(19)17(3)13-9-8-12(13)16/h6-7,10,12-13H,4-5,8-9,16H2,1-3H3/b10-7+,11-6-/t12-,13?/m1/s1. The molecule has 0 aromatic heterocycles. The van der Waals surface area contributed by atoms with Crippen molar-refractivity contribution in [2.75, 3.05) is 13.7 Å². The smallest absolute Gasteiger partial charge is 0.330 e. The molecule has 5 heteroatoms. The Labute approximate surface area is 120 Å². The molecule has 1 aliphatic rings. The Balaban J connectivity index is 2.72. The first kappa shape index (κ1) is 16.4. The van der Waals surface area contributed by atoms with Gasteiger partial charge in [0.15, 0.2) is 0 Å². The van der Waals surface area contributed by atoms with Gasteiger partial charge in [0, 0.05) is 30.8 Å². The van der Waals surface area contributed by atoms with E-state index in [9.17, 15) is 9.59 Å². The second kappa shape index (κ2) is 7.85. The Morgan fingerprint density at radius 3 is 2.45 bits per heavy atom. The van der Waals surface area contributed by atoms with Crippen LogP contribution in [0.25, 0.3) is 0 Å². The molecule has 0 aromatic carbocycles. The molecule has 0 heterocycles. The lowest BCUT2D eigenvalue weighted by Gasteiger charge is -2.40. The molecule has 0 saturated heterocycles. The summed E-state index contributed by atoms with van der Waals surface area (Å²) < 4.78 is 4.81. The Bertz CT molecular complexity index is 415. The van der Waals surface area contributed by atoms with Gasteiger partial charge in [-0.1, -0.05) is 13.0 Å². The highest BCUT2D eigenvalue weighted by atomic mass is 16.5. The molecular formula is C15H24N2O3. The van der Waals surface area contributed by atoms with Gasteiger partial charge in [0.1, 0.15) is 0 Å². The number of nitrogens with two attached hydrogens (primary N) is 1. The van der Waals surface area contributed by atoms with Crippen LogP contribution in [0.15, 0.2) is 23.8 Å². The third-order valence-electron chi connectivity index (χ3n) is 3.46. The summed E-state index contributed by atoms with van der Waals surface area (Å²) in [5.41, 5.74) is 6.39. The second-order valence-corrected chi connectivity index (χ2v) is 4.88. The molecule has 0 spiro atoms. The van der Waals surface area contributed by atoms with Gasteiger partial charge in [0.2, 0.25) is 0 Å². The summed E-state index contributed by atoms with van der Waals surface area (Å²) in [6, 6.07) is 0.152. The van der Waals surface area contributed by atoms with E-state index in [-0.39, 0.29) is 18.0 Å². The molecule has 1 aliphatic carbocycles. The summed E-state index contributed by atoms with van der Waals surface area (Å²) in [5, 5.41) is 0. The van der Waals surface area contributed by atoms with E-state index in [1.165, 1.54) is 12.2 Å². The average Bonchev–Trinajstić information content (AvgIpc) is 2.41. The van der Waals surface area contributed by atoms with Crippen molar-refractivity contribution < 1.29 is 14.3 Å². The Morgan fingerprint density at radius 1 is 1.30 bits per heavy atom. The lowest BCUT2D eigenvalue weighted by atomic mass is 9.86. The van der Waals surface area contributed by atoms with Crippen molar-refractivity contribution in [3.05, 3.63) is 23.8 Å². The summed E-state index contributed by atoms with van der Waals surface area (Å²) in [6.45, 7) is 4.01. The number of rotatable bonds is 6. The molecule has 2 atom stereocenters. The summed E-state index contributed by atoms with van der Waals surface area (Å²) in [7, 11) is 1.76. The van der Waals surface area contributed by atoms with Crippen molar-refractivity contribution >= 4 is 11.9 Å². The SMILES string of the molecule is CC/C=C(/C=C/C(=O)OCC)C(=O)N(C)C1CC[C@H]1N. The van der Waals surface area contributed by atoms with Crippen LogP contribution in [0.1, 0.15) is 33.1 Å². The number of nitrogens with zero attached hydrogens (tertiary/aromatic N) is 1. The van der Waals surface area contributed by atoms with Crippen LogP contribution in [0.5, 0.6) is 0 Å². The number of hydrogen-bond acceptors (Lipinski definition) is 4. The first-order valence-electron chi connectivity index (χ1n) is 7.09. The fraction of sp³-hybridized carbons (Fsp3) is 0.600. The fourth-order valence-corrected chi connectivity index (χ4v) is 2.14. The number of carbonyl (C=O) groups is 2. The highest BCUT2D eigenvalue weighted by molar-refractivity contribution is 5.97. The molecule has 0 bridgehead atoms. The van der Waals surface area contributed by atoms with Crippen LogP contribution in [0.3, 0.4) is 0 Å². The zero-order chi connectivity index (χ0) is 15.1. The van der Waals surface area contributed by atoms with Gasteiger partial charge in [0.05, 0.1) is 6.61 Å². The molecule has 0 aliphatic heterocycles. The minimum absolute atomic E-state index is 0.0564. The molecular weight excluding hydrogens is 256 g/mol. The molecule has 20 heavy (non-hydrogen) atoms. The van der Waals surface area contributed by atoms with Crippen molar-refractivity contribution in [1.29, 1.82) is 0 Å². The van der Waals surface area contributed by atoms with Crippen LogP contribution in [0, 0.1) is 0 Å². The maximum absolute atomic E-state index is 12.4. The number of amides is 1. The maximum atomic E-state index is 12.4. The Kier molecular flexibility index (Phi) is 6.45. The third kappa shape index (κ3) is 4.20. The number of likely N-dealkylation sites (N-methyl/N-ethyl adjacent to an activating group) is 1. The Morgan fingerprint density at radius 2 is 2.00 bits per heavy atom. The molecule has 112 valence electrons. The lowest BCUT2D eigenvalue weighted by molar-refractivity contribution is -0.137. The number of carbonyl (C=O) groups excluding carboxylic acids is 2. The van der Waals surface area contributed by atoms with Gasteiger partial charge >= 0.3 is 5.97 Å². The summed E-state index contributed by atoms with van der Waals surface area (Å²) >= 11 is 0. The zero-order valence-electron chi connectivity index (χ0n) is 12.5. The van der Waals surface area contributed by atoms with E-state index in [4.69, 9.17) is 10.5 Å². The van der Waals surface area contributed by atoms with Crippen LogP contribution >= 0.6 is 0 Å². The molecule has 1 rings (SSSR count). The Hall–Kier alpha value is -1.62. The average molecular weight is 280 g/mol. The minimum atomic E-state index is -0.440. The first-order chi connectivity index (χ1) is 9.51. The van der Waals surface area contributed by atoms with Crippen molar-refractivity contribution in [3.63, 3.8) is 0 Å². The van der Waals surface area contributed by atoms with E-state index in [1.807, 2.05) is 6.92 Å². The van der Waals surface area contributed by atoms with E-state index in [1.54, 1.807) is 24.9 Å². The molecule has 5 nitrogen and oxygen atoms in total. The van der Waals surface area contributed by atoms with Crippen molar-refractivity contribution in [2.45, 2.75) is 45.2 Å². The van der Waals surface area contributed by atoms with Crippen molar-refractivity contribution in [2.24, 2.45) is 5.73 Å². The first-order valence-corrected chi connectivity index (χ1v) is 7.09. The van der Waals surface area contributed by atoms with E-state index in [2.05, 4.69) is 0 Å². The molecule has 1 saturated carbocycles. The maximum Gasteiger partial charge on any atom is 0.330 e. The van der Waals surface area contributed by atoms with Crippen LogP contribution < -0.4 is 5.73 Å². The van der Waals surface area contributed by atoms with Gasteiger partial charge in [0.25, 0.3) is 5.91 Å². The van der Waals surface area contributed by atoms with Gasteiger partial charge in [-0.25, -0.2) is 4.79 Å². The topological polar surface area (TPSA) is 72.6 Å². The molecule has 0 radical (unpaired) electrons. The summed E-state index contributed by atoms with van der Waals surface area (Å²) in [6.07, 6.45) is 7.22. The van der Waals surface area contributed by atoms with Gasteiger partial charge in [-0.15, -0.1) is 0 Å². The molecule has 1 amide bonds. The minimum Gasteiger partial charge on any atom is -0.463 e. The van der Waals surface area contributed by atoms with Crippen LogP contribution in [0.4, 0.5) is 0 Å². The van der Waals surface area contributed by atoms with Gasteiger partial charge < -0.3 is 15.4 Å². The van der Waals surface area contributed by atoms with Gasteiger partial charge in [-0.2, -0.15) is 0 Å². The van der Waals surface area contributed by atoms with Gasteiger partial charge in [-0.05, 0) is 32.3 Å². The number of allylic oxidation sites excluding steroid dienone is 1. The predicted octanol–water partition coefficient (Wildman–Crippen LogP) is 1.39. The highest BCUT2D eigenvalue weighted by Crippen LogP contribution is 2.24. The monoisotopic (exact) mass is 280 g/mol. The fourth-order valence-electron chi connectivity index (χ4n) is 2.14. The molecule has 2 N–H and O–H groups in total. The van der Waals surface area contributed by atoms with E-state index >= 15 is 0 Å². The van der Waals surface area contributed by atoms with E-state index < -0.39 is 5.97 Å². The van der Waals surface area contributed by atoms with Crippen LogP contribution in [0.2, 0.25) is 0 Å². The molecule has 1 fully saturated rings. The second-order valence-electron chi connectivity index (χ2n) is 4.88. The molecule has 1 unspecified atom stereocenters. The van der Waals surface area contributed by atoms with Gasteiger partial charge in [-0.3, -0.25) is 4.79 Å².